The molecule has 13 heavy (non-hydrogen) atoms. The number of hydrogen-bond acceptors (Lipinski definition) is 1. The van der Waals surface area contributed by atoms with Gasteiger partial charge in [0.15, 0.2) is 0 Å². The first kappa shape index (κ1) is 9.22. The highest BCUT2D eigenvalue weighted by Gasteiger charge is 2.21. The van der Waals surface area contributed by atoms with Crippen LogP contribution in [0, 0.1) is 0 Å². The van der Waals surface area contributed by atoms with E-state index in [0.29, 0.717) is 6.04 Å². The van der Waals surface area contributed by atoms with E-state index in [1.807, 2.05) is 0 Å². The average Bonchev–Trinajstić information content (AvgIpc) is 2.59. The smallest absolute Gasteiger partial charge is 0.0243 e. The van der Waals surface area contributed by atoms with Crippen molar-refractivity contribution in [3.63, 3.8) is 0 Å². The molecule has 1 aromatic rings. The van der Waals surface area contributed by atoms with Crippen molar-refractivity contribution in [3.05, 3.63) is 35.4 Å². The Hall–Kier alpha value is -0.340. The van der Waals surface area contributed by atoms with Crippen LogP contribution in [0.1, 0.15) is 18.1 Å². The molecule has 1 nitrogen and oxygen atoms in total. The zero-order chi connectivity index (χ0) is 9.26. The molecule has 0 fully saturated rings. The third-order valence-electron chi connectivity index (χ3n) is 2.71. The summed E-state index contributed by atoms with van der Waals surface area (Å²) in [6.45, 7) is 4.49. The maximum Gasteiger partial charge on any atom is 0.0243 e. The lowest BCUT2D eigenvalue weighted by Gasteiger charge is -2.21. The molecule has 1 atom stereocenters. The van der Waals surface area contributed by atoms with Crippen molar-refractivity contribution in [1.29, 1.82) is 0 Å². The fourth-order valence-electron chi connectivity index (χ4n) is 1.77. The van der Waals surface area contributed by atoms with Gasteiger partial charge in [-0.3, -0.25) is 4.90 Å². The summed E-state index contributed by atoms with van der Waals surface area (Å²) in [5, 5.41) is 1.06. The number of halogens is 1. The first-order chi connectivity index (χ1) is 6.31. The summed E-state index contributed by atoms with van der Waals surface area (Å²) in [6, 6.07) is 9.35. The average molecular weight is 240 g/mol. The van der Waals surface area contributed by atoms with Gasteiger partial charge >= 0.3 is 0 Å². The van der Waals surface area contributed by atoms with Gasteiger partial charge in [0.25, 0.3) is 0 Å². The van der Waals surface area contributed by atoms with Crippen LogP contribution in [0.4, 0.5) is 0 Å². The number of benzene rings is 1. The van der Waals surface area contributed by atoms with E-state index in [2.05, 4.69) is 52.0 Å². The SMILES string of the molecule is C[C@@H](CBr)N1Cc2ccccc2C1. The van der Waals surface area contributed by atoms with E-state index in [9.17, 15) is 0 Å². The van der Waals surface area contributed by atoms with E-state index in [0.717, 1.165) is 18.4 Å². The number of rotatable bonds is 2. The molecule has 0 radical (unpaired) electrons. The van der Waals surface area contributed by atoms with E-state index in [1.54, 1.807) is 0 Å². The summed E-state index contributed by atoms with van der Waals surface area (Å²) >= 11 is 3.53. The fraction of sp³-hybridized carbons (Fsp3) is 0.455. The predicted octanol–water partition coefficient (Wildman–Crippen LogP) is 2.79. The van der Waals surface area contributed by atoms with Crippen molar-refractivity contribution in [3.8, 4) is 0 Å². The van der Waals surface area contributed by atoms with Crippen LogP contribution >= 0.6 is 15.9 Å². The highest BCUT2D eigenvalue weighted by molar-refractivity contribution is 9.09. The summed E-state index contributed by atoms with van der Waals surface area (Å²) in [5.74, 6) is 0. The van der Waals surface area contributed by atoms with Gasteiger partial charge in [0.2, 0.25) is 0 Å². The lowest BCUT2D eigenvalue weighted by Crippen LogP contribution is -2.28. The molecule has 70 valence electrons. The van der Waals surface area contributed by atoms with Gasteiger partial charge in [0.1, 0.15) is 0 Å². The third-order valence-corrected chi connectivity index (χ3v) is 3.65. The highest BCUT2D eigenvalue weighted by atomic mass is 79.9. The minimum atomic E-state index is 0.632. The van der Waals surface area contributed by atoms with Gasteiger partial charge in [-0.15, -0.1) is 0 Å². The van der Waals surface area contributed by atoms with Gasteiger partial charge in [-0.25, -0.2) is 0 Å². The molecule has 0 aliphatic carbocycles. The summed E-state index contributed by atoms with van der Waals surface area (Å²) in [4.78, 5) is 2.50. The van der Waals surface area contributed by atoms with Gasteiger partial charge in [-0.2, -0.15) is 0 Å². The topological polar surface area (TPSA) is 3.24 Å². The van der Waals surface area contributed by atoms with E-state index in [1.165, 1.54) is 11.1 Å². The Labute approximate surface area is 87.9 Å². The van der Waals surface area contributed by atoms with Gasteiger partial charge in [0.05, 0.1) is 0 Å². The molecule has 0 aromatic heterocycles. The number of fused-ring (bicyclic) bond motifs is 1. The quantitative estimate of drug-likeness (QED) is 0.718. The van der Waals surface area contributed by atoms with Crippen LogP contribution in [0.25, 0.3) is 0 Å². The van der Waals surface area contributed by atoms with Crippen molar-refractivity contribution in [2.24, 2.45) is 0 Å². The molecule has 1 aliphatic heterocycles. The van der Waals surface area contributed by atoms with E-state index in [4.69, 9.17) is 0 Å². The molecule has 2 rings (SSSR count). The minimum Gasteiger partial charge on any atom is -0.291 e. The van der Waals surface area contributed by atoms with Crippen LogP contribution in [-0.2, 0) is 13.1 Å². The maximum absolute atomic E-state index is 3.53. The van der Waals surface area contributed by atoms with E-state index < -0.39 is 0 Å². The molecule has 0 bridgehead atoms. The Balaban J connectivity index is 2.14. The van der Waals surface area contributed by atoms with Gasteiger partial charge < -0.3 is 0 Å². The molecule has 2 heteroatoms. The summed E-state index contributed by atoms with van der Waals surface area (Å²) in [6.07, 6.45) is 0. The van der Waals surface area contributed by atoms with Crippen LogP contribution in [0.3, 0.4) is 0 Å². The second-order valence-electron chi connectivity index (χ2n) is 3.68. The zero-order valence-electron chi connectivity index (χ0n) is 7.83. The minimum absolute atomic E-state index is 0.632. The maximum atomic E-state index is 3.53. The zero-order valence-corrected chi connectivity index (χ0v) is 9.42. The molecule has 1 heterocycles. The van der Waals surface area contributed by atoms with Gasteiger partial charge in [-0.1, -0.05) is 40.2 Å². The van der Waals surface area contributed by atoms with Crippen molar-refractivity contribution in [1.82, 2.24) is 4.90 Å². The Kier molecular flexibility index (Phi) is 2.70. The van der Waals surface area contributed by atoms with Crippen LogP contribution in [-0.4, -0.2) is 16.3 Å². The highest BCUT2D eigenvalue weighted by Crippen LogP contribution is 2.24. The number of hydrogen-bond donors (Lipinski definition) is 0. The van der Waals surface area contributed by atoms with Crippen molar-refractivity contribution in [2.75, 3.05) is 5.33 Å². The molecule has 0 N–H and O–H groups in total. The molecule has 0 unspecified atom stereocenters. The van der Waals surface area contributed by atoms with Crippen LogP contribution in [0.2, 0.25) is 0 Å². The Bertz CT molecular complexity index is 273. The molecule has 0 spiro atoms. The third kappa shape index (κ3) is 1.79. The second kappa shape index (κ2) is 3.81. The molecule has 1 aromatic carbocycles. The molecule has 1 aliphatic rings. The lowest BCUT2D eigenvalue weighted by atomic mass is 10.1. The van der Waals surface area contributed by atoms with E-state index >= 15 is 0 Å². The van der Waals surface area contributed by atoms with Crippen LogP contribution in [0.5, 0.6) is 0 Å². The first-order valence-corrected chi connectivity index (χ1v) is 5.80. The molecule has 0 amide bonds. The monoisotopic (exact) mass is 239 g/mol. The summed E-state index contributed by atoms with van der Waals surface area (Å²) < 4.78 is 0. The summed E-state index contributed by atoms with van der Waals surface area (Å²) in [5.41, 5.74) is 2.99. The van der Waals surface area contributed by atoms with Crippen molar-refractivity contribution in [2.45, 2.75) is 26.1 Å². The van der Waals surface area contributed by atoms with Crippen molar-refractivity contribution >= 4 is 15.9 Å². The number of alkyl halides is 1. The van der Waals surface area contributed by atoms with E-state index in [-0.39, 0.29) is 0 Å². The second-order valence-corrected chi connectivity index (χ2v) is 4.32. The Morgan fingerprint density at radius 3 is 2.31 bits per heavy atom. The normalized spacial score (nSPS) is 18.6. The van der Waals surface area contributed by atoms with Crippen molar-refractivity contribution < 1.29 is 0 Å². The van der Waals surface area contributed by atoms with Crippen LogP contribution in [0.15, 0.2) is 24.3 Å². The molecular weight excluding hydrogens is 226 g/mol. The van der Waals surface area contributed by atoms with Crippen LogP contribution < -0.4 is 0 Å². The predicted molar refractivity (Wildman–Crippen MR) is 58.9 cm³/mol. The molecular formula is C11H14BrN. The molecule has 0 saturated carbocycles. The largest absolute Gasteiger partial charge is 0.291 e. The van der Waals surface area contributed by atoms with Gasteiger partial charge in [0, 0.05) is 24.5 Å². The lowest BCUT2D eigenvalue weighted by molar-refractivity contribution is 0.232. The standard InChI is InChI=1S/C11H14BrN/c1-9(6-12)13-7-10-4-2-3-5-11(10)8-13/h2-5,9H,6-8H2,1H3/t9-/m0/s1. The number of nitrogens with zero attached hydrogens (tertiary/aromatic N) is 1. The van der Waals surface area contributed by atoms with Gasteiger partial charge in [-0.05, 0) is 18.1 Å². The first-order valence-electron chi connectivity index (χ1n) is 4.68. The fourth-order valence-corrected chi connectivity index (χ4v) is 2.18. The Morgan fingerprint density at radius 1 is 1.31 bits per heavy atom. The molecule has 0 saturated heterocycles. The Morgan fingerprint density at radius 2 is 1.85 bits per heavy atom. The summed E-state index contributed by atoms with van der Waals surface area (Å²) in [7, 11) is 0.